The van der Waals surface area contributed by atoms with Crippen molar-refractivity contribution in [1.29, 1.82) is 0 Å². The smallest absolute Gasteiger partial charge is 0.408 e. The highest BCUT2D eigenvalue weighted by molar-refractivity contribution is 5.92. The molecule has 1 rings (SSSR count). The van der Waals surface area contributed by atoms with E-state index in [9.17, 15) is 19.2 Å². The van der Waals surface area contributed by atoms with Gasteiger partial charge in [-0.05, 0) is 59.9 Å². The Morgan fingerprint density at radius 3 is 2.11 bits per heavy atom. The number of benzene rings is 1. The second kappa shape index (κ2) is 16.0. The van der Waals surface area contributed by atoms with E-state index in [4.69, 9.17) is 10.5 Å². The van der Waals surface area contributed by atoms with Crippen LogP contribution < -0.4 is 16.4 Å². The first-order valence-corrected chi connectivity index (χ1v) is 13.7. The van der Waals surface area contributed by atoms with E-state index < -0.39 is 35.6 Å². The normalized spacial score (nSPS) is 12.9. The first-order valence-electron chi connectivity index (χ1n) is 13.7. The Morgan fingerprint density at radius 2 is 1.58 bits per heavy atom. The molecule has 2 atom stereocenters. The fraction of sp³-hybridized carbons (Fsp3) is 0.655. The van der Waals surface area contributed by atoms with Crippen LogP contribution in [0, 0.1) is 6.92 Å². The predicted molar refractivity (Wildman–Crippen MR) is 149 cm³/mol. The fourth-order valence-corrected chi connectivity index (χ4v) is 4.03. The zero-order valence-corrected chi connectivity index (χ0v) is 24.3. The van der Waals surface area contributed by atoms with Crippen LogP contribution in [0.1, 0.15) is 104 Å². The van der Waals surface area contributed by atoms with Crippen molar-refractivity contribution in [1.82, 2.24) is 15.5 Å². The summed E-state index contributed by atoms with van der Waals surface area (Å²) in [5.74, 6) is -1.36. The molecular formula is C29H48N4O5. The molecule has 0 aliphatic carbocycles. The number of carbonyl (C=O) groups is 4. The number of ether oxygens (including phenoxy) is 1. The number of primary amides is 1. The van der Waals surface area contributed by atoms with Gasteiger partial charge in [-0.3, -0.25) is 14.4 Å². The van der Waals surface area contributed by atoms with Gasteiger partial charge in [-0.1, -0.05) is 62.4 Å². The minimum absolute atomic E-state index is 0.00778. The molecule has 0 bridgehead atoms. The molecule has 0 aliphatic heterocycles. The maximum absolute atomic E-state index is 14.1. The van der Waals surface area contributed by atoms with Gasteiger partial charge in [0.05, 0.1) is 0 Å². The van der Waals surface area contributed by atoms with E-state index in [2.05, 4.69) is 17.6 Å². The lowest BCUT2D eigenvalue weighted by atomic mass is 9.99. The van der Waals surface area contributed by atoms with Crippen molar-refractivity contribution in [2.75, 3.05) is 6.54 Å². The van der Waals surface area contributed by atoms with E-state index >= 15 is 0 Å². The zero-order chi connectivity index (χ0) is 28.9. The summed E-state index contributed by atoms with van der Waals surface area (Å²) in [7, 11) is 0. The number of aryl methyl sites for hydroxylation is 1. The van der Waals surface area contributed by atoms with Crippen molar-refractivity contribution < 1.29 is 23.9 Å². The predicted octanol–water partition coefficient (Wildman–Crippen LogP) is 4.52. The van der Waals surface area contributed by atoms with Crippen molar-refractivity contribution in [3.63, 3.8) is 0 Å². The van der Waals surface area contributed by atoms with Crippen molar-refractivity contribution in [3.05, 3.63) is 35.4 Å². The van der Waals surface area contributed by atoms with Crippen LogP contribution in [0.2, 0.25) is 0 Å². The molecule has 9 nitrogen and oxygen atoms in total. The molecule has 0 saturated carbocycles. The fourth-order valence-electron chi connectivity index (χ4n) is 4.03. The Kier molecular flexibility index (Phi) is 13.9. The number of carbonyl (C=O) groups excluding carboxylic acids is 4. The van der Waals surface area contributed by atoms with E-state index in [1.165, 1.54) is 4.90 Å². The number of alkyl carbamates (subject to hydrolysis) is 1. The first kappa shape index (κ1) is 32.9. The molecule has 0 aromatic heterocycles. The lowest BCUT2D eigenvalue weighted by molar-refractivity contribution is -0.143. The molecular weight excluding hydrogens is 484 g/mol. The van der Waals surface area contributed by atoms with Gasteiger partial charge >= 0.3 is 6.09 Å². The summed E-state index contributed by atoms with van der Waals surface area (Å²) < 4.78 is 5.37. The van der Waals surface area contributed by atoms with Crippen LogP contribution in [-0.2, 0) is 19.1 Å². The van der Waals surface area contributed by atoms with Crippen molar-refractivity contribution in [2.24, 2.45) is 5.73 Å². The maximum atomic E-state index is 14.1. The number of hydrogen-bond donors (Lipinski definition) is 3. The van der Waals surface area contributed by atoms with Crippen LogP contribution in [0.3, 0.4) is 0 Å². The number of amides is 4. The Labute approximate surface area is 228 Å². The van der Waals surface area contributed by atoms with E-state index in [0.717, 1.165) is 31.2 Å². The molecule has 9 heteroatoms. The minimum Gasteiger partial charge on any atom is -0.444 e. The Hall–Kier alpha value is -3.10. The molecule has 2 unspecified atom stereocenters. The standard InChI is InChI=1S/C29H48N4O5/c1-8-9-10-11-12-19-33(25(26(35)31-20(2)3)22-15-13-21(4)14-16-22)27(36)23(17-18-24(30)34)32-28(37)38-29(5,6)7/h13-16,20,23,25H,8-12,17-19H2,1-7H3,(H2,30,34)(H,31,35)(H,32,37). The third kappa shape index (κ3) is 12.4. The number of unbranched alkanes of at least 4 members (excludes halogenated alkanes) is 4. The summed E-state index contributed by atoms with van der Waals surface area (Å²) in [4.78, 5) is 53.3. The summed E-state index contributed by atoms with van der Waals surface area (Å²) >= 11 is 0. The molecule has 0 radical (unpaired) electrons. The highest BCUT2D eigenvalue weighted by Crippen LogP contribution is 2.25. The molecule has 0 heterocycles. The van der Waals surface area contributed by atoms with Crippen LogP contribution in [0.5, 0.6) is 0 Å². The van der Waals surface area contributed by atoms with Crippen LogP contribution in [0.25, 0.3) is 0 Å². The van der Waals surface area contributed by atoms with Crippen LogP contribution in [0.15, 0.2) is 24.3 Å². The van der Waals surface area contributed by atoms with Gasteiger partial charge in [-0.15, -0.1) is 0 Å². The number of nitrogens with zero attached hydrogens (tertiary/aromatic N) is 1. The Bertz CT molecular complexity index is 909. The molecule has 0 fully saturated rings. The van der Waals surface area contributed by atoms with E-state index in [1.54, 1.807) is 20.8 Å². The van der Waals surface area contributed by atoms with Crippen molar-refractivity contribution >= 4 is 23.8 Å². The molecule has 0 spiro atoms. The quantitative estimate of drug-likeness (QED) is 0.286. The van der Waals surface area contributed by atoms with Gasteiger partial charge in [-0.25, -0.2) is 4.79 Å². The number of nitrogens with one attached hydrogen (secondary N) is 2. The molecule has 38 heavy (non-hydrogen) atoms. The molecule has 0 aliphatic rings. The highest BCUT2D eigenvalue weighted by atomic mass is 16.6. The van der Waals surface area contributed by atoms with Crippen LogP contribution in [-0.4, -0.2) is 52.9 Å². The highest BCUT2D eigenvalue weighted by Gasteiger charge is 2.36. The summed E-state index contributed by atoms with van der Waals surface area (Å²) in [6.45, 7) is 13.3. The van der Waals surface area contributed by atoms with E-state index in [-0.39, 0.29) is 24.8 Å². The zero-order valence-electron chi connectivity index (χ0n) is 24.3. The monoisotopic (exact) mass is 532 g/mol. The second-order valence-electron chi connectivity index (χ2n) is 11.1. The lowest BCUT2D eigenvalue weighted by Gasteiger charge is -2.35. The summed E-state index contributed by atoms with van der Waals surface area (Å²) in [6, 6.07) is 5.36. The summed E-state index contributed by atoms with van der Waals surface area (Å²) in [6.07, 6.45) is 3.89. The third-order valence-corrected chi connectivity index (χ3v) is 5.84. The topological polar surface area (TPSA) is 131 Å². The number of hydrogen-bond acceptors (Lipinski definition) is 5. The van der Waals surface area contributed by atoms with Gasteiger partial charge < -0.3 is 26.0 Å². The minimum atomic E-state index is -1.09. The van der Waals surface area contributed by atoms with Crippen molar-refractivity contribution in [2.45, 2.75) is 117 Å². The molecule has 214 valence electrons. The average Bonchev–Trinajstić information content (AvgIpc) is 2.79. The second-order valence-corrected chi connectivity index (χ2v) is 11.1. The van der Waals surface area contributed by atoms with E-state index in [0.29, 0.717) is 18.5 Å². The largest absolute Gasteiger partial charge is 0.444 e. The lowest BCUT2D eigenvalue weighted by Crippen LogP contribution is -2.54. The number of rotatable bonds is 15. The number of nitrogens with two attached hydrogens (primary N) is 1. The molecule has 0 saturated heterocycles. The van der Waals surface area contributed by atoms with Gasteiger partial charge in [0, 0.05) is 19.0 Å². The SMILES string of the molecule is CCCCCCCN(C(=O)C(CCC(N)=O)NC(=O)OC(C)(C)C)C(C(=O)NC(C)C)c1ccc(C)cc1. The van der Waals surface area contributed by atoms with Crippen molar-refractivity contribution in [3.8, 4) is 0 Å². The summed E-state index contributed by atoms with van der Waals surface area (Å²) in [5.41, 5.74) is 6.29. The van der Waals surface area contributed by atoms with Crippen LogP contribution in [0.4, 0.5) is 4.79 Å². The average molecular weight is 533 g/mol. The van der Waals surface area contributed by atoms with Gasteiger partial charge in [0.15, 0.2) is 0 Å². The summed E-state index contributed by atoms with van der Waals surface area (Å²) in [5, 5.41) is 5.57. The van der Waals surface area contributed by atoms with Gasteiger partial charge in [0.25, 0.3) is 0 Å². The van der Waals surface area contributed by atoms with Gasteiger partial charge in [0.2, 0.25) is 17.7 Å². The molecule has 4 N–H and O–H groups in total. The van der Waals surface area contributed by atoms with Gasteiger partial charge in [0.1, 0.15) is 17.7 Å². The van der Waals surface area contributed by atoms with Crippen LogP contribution >= 0.6 is 0 Å². The Balaban J connectivity index is 3.45. The molecule has 1 aromatic carbocycles. The third-order valence-electron chi connectivity index (χ3n) is 5.84. The Morgan fingerprint density at radius 1 is 0.974 bits per heavy atom. The first-order chi connectivity index (χ1) is 17.7. The van der Waals surface area contributed by atoms with Gasteiger partial charge in [-0.2, -0.15) is 0 Å². The van der Waals surface area contributed by atoms with E-state index in [1.807, 2.05) is 45.0 Å². The molecule has 1 aromatic rings. The maximum Gasteiger partial charge on any atom is 0.408 e. The molecule has 4 amide bonds.